The van der Waals surface area contributed by atoms with Crippen LogP contribution in [-0.4, -0.2) is 18.4 Å². The maximum atomic E-state index is 10.9. The van der Waals surface area contributed by atoms with E-state index in [9.17, 15) is 4.79 Å². The van der Waals surface area contributed by atoms with Crippen LogP contribution in [0.15, 0.2) is 24.7 Å². The molecule has 1 aliphatic carbocycles. The van der Waals surface area contributed by atoms with Gasteiger partial charge in [0.15, 0.2) is 5.76 Å². The molecule has 1 saturated carbocycles. The molecule has 0 aromatic rings. The van der Waals surface area contributed by atoms with Crippen molar-refractivity contribution in [3.05, 3.63) is 24.7 Å². The fourth-order valence-electron chi connectivity index (χ4n) is 2.07. The summed E-state index contributed by atoms with van der Waals surface area (Å²) < 4.78 is 16.1. The van der Waals surface area contributed by atoms with Gasteiger partial charge < -0.3 is 14.2 Å². The van der Waals surface area contributed by atoms with Crippen molar-refractivity contribution in [1.82, 2.24) is 0 Å². The third-order valence-corrected chi connectivity index (χ3v) is 2.88. The zero-order valence-electron chi connectivity index (χ0n) is 9.24. The minimum Gasteiger partial charge on any atom is -0.461 e. The lowest BCUT2D eigenvalue weighted by Crippen LogP contribution is -2.32. The van der Waals surface area contributed by atoms with Crippen LogP contribution in [0.4, 0.5) is 0 Å². The van der Waals surface area contributed by atoms with Gasteiger partial charge >= 0.3 is 5.97 Å². The molecule has 4 heteroatoms. The van der Waals surface area contributed by atoms with E-state index in [4.69, 9.17) is 14.2 Å². The van der Waals surface area contributed by atoms with Crippen molar-refractivity contribution in [3.63, 3.8) is 0 Å². The van der Waals surface area contributed by atoms with Crippen molar-refractivity contribution in [1.29, 1.82) is 0 Å². The van der Waals surface area contributed by atoms with E-state index in [2.05, 4.69) is 6.58 Å². The molecule has 0 radical (unpaired) electrons. The van der Waals surface area contributed by atoms with Crippen molar-refractivity contribution in [2.24, 2.45) is 0 Å². The fourth-order valence-corrected chi connectivity index (χ4v) is 2.07. The van der Waals surface area contributed by atoms with Crippen LogP contribution < -0.4 is 0 Å². The van der Waals surface area contributed by atoms with Crippen LogP contribution in [0.25, 0.3) is 0 Å². The number of esters is 1. The first-order chi connectivity index (χ1) is 7.74. The second kappa shape index (κ2) is 4.70. The highest BCUT2D eigenvalue weighted by atomic mass is 16.7. The highest BCUT2D eigenvalue weighted by molar-refractivity contribution is 5.81. The molecule has 1 aliphatic heterocycles. The van der Waals surface area contributed by atoms with Gasteiger partial charge in [-0.2, -0.15) is 0 Å². The largest absolute Gasteiger partial charge is 0.461 e. The van der Waals surface area contributed by atoms with Gasteiger partial charge in [0.05, 0.1) is 0 Å². The van der Waals surface area contributed by atoms with Crippen molar-refractivity contribution < 1.29 is 19.0 Å². The summed E-state index contributed by atoms with van der Waals surface area (Å²) in [4.78, 5) is 10.9. The Balaban J connectivity index is 1.91. The van der Waals surface area contributed by atoms with Crippen molar-refractivity contribution in [2.75, 3.05) is 6.61 Å². The van der Waals surface area contributed by atoms with Crippen LogP contribution in [0.5, 0.6) is 0 Å². The van der Waals surface area contributed by atoms with Gasteiger partial charge in [0, 0.05) is 18.9 Å². The Morgan fingerprint density at radius 2 is 2.12 bits per heavy atom. The summed E-state index contributed by atoms with van der Waals surface area (Å²) in [5.74, 6) is -0.359. The van der Waals surface area contributed by atoms with E-state index >= 15 is 0 Å². The first-order valence-electron chi connectivity index (χ1n) is 5.59. The molecular formula is C12H16O4. The monoisotopic (exact) mass is 224 g/mol. The minimum absolute atomic E-state index is 0.379. The molecule has 0 unspecified atom stereocenters. The summed E-state index contributed by atoms with van der Waals surface area (Å²) in [6.07, 6.45) is 7.74. The van der Waals surface area contributed by atoms with Crippen molar-refractivity contribution in [3.8, 4) is 0 Å². The molecule has 88 valence electrons. The molecule has 16 heavy (non-hydrogen) atoms. The van der Waals surface area contributed by atoms with Crippen LogP contribution >= 0.6 is 0 Å². The highest BCUT2D eigenvalue weighted by Gasteiger charge is 2.40. The van der Waals surface area contributed by atoms with E-state index in [-0.39, 0.29) is 0 Å². The molecule has 0 N–H and O–H groups in total. The Bertz CT molecular complexity index is 313. The Morgan fingerprint density at radius 3 is 2.81 bits per heavy atom. The zero-order valence-corrected chi connectivity index (χ0v) is 9.24. The second-order valence-corrected chi connectivity index (χ2v) is 4.09. The average Bonchev–Trinajstić information content (AvgIpc) is 2.70. The second-order valence-electron chi connectivity index (χ2n) is 4.09. The summed E-state index contributed by atoms with van der Waals surface area (Å²) in [6.45, 7) is 3.69. The van der Waals surface area contributed by atoms with E-state index in [1.54, 1.807) is 0 Å². The topological polar surface area (TPSA) is 44.8 Å². The van der Waals surface area contributed by atoms with Crippen LogP contribution in [0.1, 0.15) is 32.1 Å². The van der Waals surface area contributed by atoms with Gasteiger partial charge in [-0.15, -0.1) is 0 Å². The fraction of sp³-hybridized carbons (Fsp3) is 0.583. The van der Waals surface area contributed by atoms with E-state index in [1.807, 2.05) is 0 Å². The summed E-state index contributed by atoms with van der Waals surface area (Å²) in [7, 11) is 0. The predicted octanol–water partition coefficient (Wildman–Crippen LogP) is 2.26. The molecule has 0 aromatic heterocycles. The maximum Gasteiger partial charge on any atom is 0.335 e. The lowest BCUT2D eigenvalue weighted by molar-refractivity contribution is -0.169. The summed E-state index contributed by atoms with van der Waals surface area (Å²) in [6, 6.07) is 0. The zero-order chi connectivity index (χ0) is 11.4. The SMILES string of the molecule is C=CC(=O)OC=C1COC2(CCCCC2)O1. The third kappa shape index (κ3) is 2.44. The molecule has 2 aliphatic rings. The average molecular weight is 224 g/mol. The van der Waals surface area contributed by atoms with Gasteiger partial charge in [-0.1, -0.05) is 13.0 Å². The van der Waals surface area contributed by atoms with E-state index in [1.165, 1.54) is 12.7 Å². The standard InChI is InChI=1S/C12H16O4/c1-2-11(13)14-8-10-9-15-12(16-10)6-4-3-5-7-12/h2,8H,1,3-7,9H2. The molecule has 0 bridgehead atoms. The van der Waals surface area contributed by atoms with Crippen molar-refractivity contribution in [2.45, 2.75) is 37.9 Å². The molecule has 0 aromatic carbocycles. The molecule has 1 spiro atoms. The molecule has 4 nitrogen and oxygen atoms in total. The van der Waals surface area contributed by atoms with E-state index < -0.39 is 11.8 Å². The van der Waals surface area contributed by atoms with Crippen LogP contribution in [0.2, 0.25) is 0 Å². The number of carbonyl (C=O) groups is 1. The summed E-state index contributed by atoms with van der Waals surface area (Å²) in [5.41, 5.74) is 0. The minimum atomic E-state index is -0.485. The number of ether oxygens (including phenoxy) is 3. The lowest BCUT2D eigenvalue weighted by Gasteiger charge is -2.30. The van der Waals surface area contributed by atoms with Crippen molar-refractivity contribution >= 4 is 5.97 Å². The molecule has 2 rings (SSSR count). The predicted molar refractivity (Wildman–Crippen MR) is 57.2 cm³/mol. The number of hydrogen-bond donors (Lipinski definition) is 0. The van der Waals surface area contributed by atoms with Crippen LogP contribution in [0.3, 0.4) is 0 Å². The van der Waals surface area contributed by atoms with Gasteiger partial charge in [-0.3, -0.25) is 0 Å². The lowest BCUT2D eigenvalue weighted by atomic mass is 9.94. The van der Waals surface area contributed by atoms with Crippen LogP contribution in [0, 0.1) is 0 Å². The third-order valence-electron chi connectivity index (χ3n) is 2.88. The molecule has 1 saturated heterocycles. The Kier molecular flexibility index (Phi) is 3.29. The smallest absolute Gasteiger partial charge is 0.335 e. The van der Waals surface area contributed by atoms with Gasteiger partial charge in [-0.25, -0.2) is 4.79 Å². The molecule has 0 atom stereocenters. The summed E-state index contributed by atoms with van der Waals surface area (Å²) >= 11 is 0. The van der Waals surface area contributed by atoms with Gasteiger partial charge in [-0.05, 0) is 12.8 Å². The summed E-state index contributed by atoms with van der Waals surface area (Å²) in [5, 5.41) is 0. The van der Waals surface area contributed by atoms with E-state index in [0.717, 1.165) is 31.8 Å². The van der Waals surface area contributed by atoms with Crippen LogP contribution in [-0.2, 0) is 19.0 Å². The van der Waals surface area contributed by atoms with Gasteiger partial charge in [0.25, 0.3) is 0 Å². The first-order valence-corrected chi connectivity index (χ1v) is 5.59. The highest BCUT2D eigenvalue weighted by Crippen LogP contribution is 2.38. The first kappa shape index (κ1) is 11.2. The Hall–Kier alpha value is -1.29. The normalized spacial score (nSPS) is 25.4. The molecule has 1 heterocycles. The quantitative estimate of drug-likeness (QED) is 0.410. The van der Waals surface area contributed by atoms with E-state index in [0.29, 0.717) is 12.4 Å². The number of carbonyl (C=O) groups excluding carboxylic acids is 1. The number of hydrogen-bond acceptors (Lipinski definition) is 4. The van der Waals surface area contributed by atoms with Gasteiger partial charge in [0.1, 0.15) is 12.9 Å². The van der Waals surface area contributed by atoms with Gasteiger partial charge in [0.2, 0.25) is 5.79 Å². The molecule has 2 fully saturated rings. The Labute approximate surface area is 94.9 Å². The number of rotatable bonds is 2. The maximum absolute atomic E-state index is 10.9. The Morgan fingerprint density at radius 1 is 1.38 bits per heavy atom. The molecule has 0 amide bonds. The molecular weight excluding hydrogens is 208 g/mol.